The predicted molar refractivity (Wildman–Crippen MR) is 72.4 cm³/mol. The van der Waals surface area contributed by atoms with Crippen LogP contribution in [0.3, 0.4) is 0 Å². The van der Waals surface area contributed by atoms with Gasteiger partial charge in [-0.3, -0.25) is 14.9 Å². The Morgan fingerprint density at radius 1 is 1.33 bits per heavy atom. The van der Waals surface area contributed by atoms with Crippen LogP contribution in [-0.4, -0.2) is 56.2 Å². The number of hydrogen-bond donors (Lipinski definition) is 1. The van der Waals surface area contributed by atoms with Gasteiger partial charge in [0.15, 0.2) is 5.79 Å². The second-order valence-electron chi connectivity index (χ2n) is 5.73. The summed E-state index contributed by atoms with van der Waals surface area (Å²) in [6.45, 7) is 6.07. The van der Waals surface area contributed by atoms with Crippen LogP contribution in [0, 0.1) is 5.92 Å². The molecule has 21 heavy (non-hydrogen) atoms. The predicted octanol–water partition coefficient (Wildman–Crippen LogP) is 0.221. The average Bonchev–Trinajstić information content (AvgIpc) is 3.01. The third-order valence-electron chi connectivity index (χ3n) is 3.82. The first-order valence-corrected chi connectivity index (χ1v) is 7.20. The smallest absolute Gasteiger partial charge is 0.322 e. The molecular weight excluding hydrogens is 278 g/mol. The Balaban J connectivity index is 2.11. The fourth-order valence-corrected chi connectivity index (χ4v) is 2.87. The van der Waals surface area contributed by atoms with Crippen molar-refractivity contribution in [3.8, 4) is 0 Å². The van der Waals surface area contributed by atoms with E-state index in [1.165, 1.54) is 7.11 Å². The minimum Gasteiger partial charge on any atom is -0.468 e. The van der Waals surface area contributed by atoms with E-state index in [1.54, 1.807) is 6.92 Å². The maximum atomic E-state index is 12.1. The van der Waals surface area contributed by atoms with Crippen LogP contribution in [-0.2, 0) is 28.5 Å². The molecule has 1 N–H and O–H groups in total. The summed E-state index contributed by atoms with van der Waals surface area (Å²) in [7, 11) is 1.33. The number of methoxy groups -OCH3 is 1. The fourth-order valence-electron chi connectivity index (χ4n) is 2.87. The molecule has 2 aliphatic heterocycles. The molecule has 2 saturated heterocycles. The highest BCUT2D eigenvalue weighted by Gasteiger charge is 2.49. The maximum absolute atomic E-state index is 12.1. The number of ether oxygens (including phenoxy) is 4. The highest BCUT2D eigenvalue weighted by molar-refractivity contribution is 5.80. The zero-order valence-corrected chi connectivity index (χ0v) is 12.9. The maximum Gasteiger partial charge on any atom is 0.322 e. The molecule has 7 nitrogen and oxygen atoms in total. The fraction of sp³-hybridized carbons (Fsp3) is 0.857. The SMILES string of the molecule is CCOC(=O)C1CC(C(=O)OC)NC1C1COC(C)(C)O1. The molecule has 0 bridgehead atoms. The Morgan fingerprint density at radius 2 is 2.05 bits per heavy atom. The van der Waals surface area contributed by atoms with Crippen LogP contribution in [0.1, 0.15) is 27.2 Å². The summed E-state index contributed by atoms with van der Waals surface area (Å²) in [5.74, 6) is -1.84. The van der Waals surface area contributed by atoms with Crippen LogP contribution < -0.4 is 5.32 Å². The van der Waals surface area contributed by atoms with E-state index in [0.29, 0.717) is 19.6 Å². The summed E-state index contributed by atoms with van der Waals surface area (Å²) in [6, 6.07) is -0.850. The molecule has 2 heterocycles. The second-order valence-corrected chi connectivity index (χ2v) is 5.73. The molecule has 0 aromatic rings. The van der Waals surface area contributed by atoms with Crippen molar-refractivity contribution < 1.29 is 28.5 Å². The first kappa shape index (κ1) is 16.2. The molecule has 0 radical (unpaired) electrons. The van der Waals surface area contributed by atoms with E-state index in [4.69, 9.17) is 18.9 Å². The molecule has 7 heteroatoms. The molecule has 0 saturated carbocycles. The van der Waals surface area contributed by atoms with Crippen LogP contribution >= 0.6 is 0 Å². The Hall–Kier alpha value is -1.18. The molecule has 0 amide bonds. The van der Waals surface area contributed by atoms with Gasteiger partial charge in [-0.05, 0) is 27.2 Å². The molecule has 4 unspecified atom stereocenters. The topological polar surface area (TPSA) is 83.1 Å². The Bertz CT molecular complexity index is 410. The second kappa shape index (κ2) is 6.29. The monoisotopic (exact) mass is 301 g/mol. The van der Waals surface area contributed by atoms with E-state index in [2.05, 4.69) is 5.32 Å². The average molecular weight is 301 g/mol. The molecule has 0 spiro atoms. The number of hydrogen-bond acceptors (Lipinski definition) is 7. The van der Waals surface area contributed by atoms with E-state index in [-0.39, 0.29) is 24.1 Å². The zero-order valence-electron chi connectivity index (χ0n) is 12.9. The van der Waals surface area contributed by atoms with Gasteiger partial charge in [0.25, 0.3) is 0 Å². The van der Waals surface area contributed by atoms with Crippen molar-refractivity contribution in [1.82, 2.24) is 5.32 Å². The van der Waals surface area contributed by atoms with Crippen LogP contribution in [0.5, 0.6) is 0 Å². The van der Waals surface area contributed by atoms with E-state index >= 15 is 0 Å². The van der Waals surface area contributed by atoms with Crippen molar-refractivity contribution in [1.29, 1.82) is 0 Å². The van der Waals surface area contributed by atoms with Gasteiger partial charge in [0, 0.05) is 6.04 Å². The molecule has 2 fully saturated rings. The first-order valence-electron chi connectivity index (χ1n) is 7.20. The third-order valence-corrected chi connectivity index (χ3v) is 3.82. The van der Waals surface area contributed by atoms with Crippen LogP contribution in [0.15, 0.2) is 0 Å². The third kappa shape index (κ3) is 3.53. The summed E-state index contributed by atoms with van der Waals surface area (Å²) in [6.07, 6.45) is 0.0419. The minimum atomic E-state index is -0.686. The van der Waals surface area contributed by atoms with E-state index in [1.807, 2.05) is 13.8 Å². The molecule has 2 rings (SSSR count). The lowest BCUT2D eigenvalue weighted by Gasteiger charge is -2.24. The zero-order chi connectivity index (χ0) is 15.6. The van der Waals surface area contributed by atoms with Crippen molar-refractivity contribution in [2.24, 2.45) is 5.92 Å². The van der Waals surface area contributed by atoms with E-state index in [9.17, 15) is 9.59 Å². The quantitative estimate of drug-likeness (QED) is 0.744. The molecule has 0 aromatic carbocycles. The van der Waals surface area contributed by atoms with Gasteiger partial charge in [-0.25, -0.2) is 0 Å². The highest BCUT2D eigenvalue weighted by Crippen LogP contribution is 2.32. The molecule has 0 aliphatic carbocycles. The first-order chi connectivity index (χ1) is 9.88. The lowest BCUT2D eigenvalue weighted by molar-refractivity contribution is -0.155. The van der Waals surface area contributed by atoms with Crippen LogP contribution in [0.25, 0.3) is 0 Å². The molecule has 2 aliphatic rings. The summed E-state index contributed by atoms with van der Waals surface area (Å²) in [5, 5.41) is 3.13. The summed E-state index contributed by atoms with van der Waals surface area (Å²) in [4.78, 5) is 23.8. The van der Waals surface area contributed by atoms with Gasteiger partial charge in [0.05, 0.1) is 26.2 Å². The van der Waals surface area contributed by atoms with Gasteiger partial charge in [0.2, 0.25) is 0 Å². The summed E-state index contributed by atoms with van der Waals surface area (Å²) >= 11 is 0. The minimum absolute atomic E-state index is 0.302. The van der Waals surface area contributed by atoms with E-state index < -0.39 is 17.7 Å². The Kier molecular flexibility index (Phi) is 4.85. The molecule has 120 valence electrons. The van der Waals surface area contributed by atoms with Crippen molar-refractivity contribution in [2.75, 3.05) is 20.3 Å². The largest absolute Gasteiger partial charge is 0.468 e. The van der Waals surface area contributed by atoms with Gasteiger partial charge in [-0.1, -0.05) is 0 Å². The Morgan fingerprint density at radius 3 is 2.57 bits per heavy atom. The number of nitrogens with one attached hydrogen (secondary N) is 1. The summed E-state index contributed by atoms with van der Waals surface area (Å²) < 4.78 is 21.2. The lowest BCUT2D eigenvalue weighted by Crippen LogP contribution is -2.47. The number of rotatable bonds is 4. The standard InChI is InChI=1S/C14H23NO6/c1-5-19-12(16)8-6-9(13(17)18-4)15-11(8)10-7-20-14(2,3)21-10/h8-11,15H,5-7H2,1-4H3. The lowest BCUT2D eigenvalue weighted by atomic mass is 9.95. The highest BCUT2D eigenvalue weighted by atomic mass is 16.7. The normalized spacial score (nSPS) is 34.7. The van der Waals surface area contributed by atoms with Crippen LogP contribution in [0.4, 0.5) is 0 Å². The van der Waals surface area contributed by atoms with Crippen molar-refractivity contribution >= 4 is 11.9 Å². The van der Waals surface area contributed by atoms with Gasteiger partial charge in [-0.15, -0.1) is 0 Å². The summed E-state index contributed by atoms with van der Waals surface area (Å²) in [5.41, 5.74) is 0. The van der Waals surface area contributed by atoms with Crippen molar-refractivity contribution in [3.63, 3.8) is 0 Å². The van der Waals surface area contributed by atoms with Gasteiger partial charge < -0.3 is 18.9 Å². The van der Waals surface area contributed by atoms with Crippen molar-refractivity contribution in [3.05, 3.63) is 0 Å². The molecule has 0 aromatic heterocycles. The Labute approximate surface area is 124 Å². The number of esters is 2. The van der Waals surface area contributed by atoms with Crippen molar-refractivity contribution in [2.45, 2.75) is 51.2 Å². The van der Waals surface area contributed by atoms with E-state index in [0.717, 1.165) is 0 Å². The van der Waals surface area contributed by atoms with Gasteiger partial charge in [0.1, 0.15) is 12.1 Å². The number of carbonyl (C=O) groups excluding carboxylic acids is 2. The number of carbonyl (C=O) groups is 2. The molecular formula is C14H23NO6. The van der Waals surface area contributed by atoms with Gasteiger partial charge in [-0.2, -0.15) is 0 Å². The van der Waals surface area contributed by atoms with Crippen LogP contribution in [0.2, 0.25) is 0 Å². The van der Waals surface area contributed by atoms with Gasteiger partial charge >= 0.3 is 11.9 Å². The molecule has 4 atom stereocenters.